The molecular weight excluding hydrogens is 372 g/mol. The summed E-state index contributed by atoms with van der Waals surface area (Å²) in [5.74, 6) is -0.417. The first-order chi connectivity index (χ1) is 12.3. The van der Waals surface area contributed by atoms with Crippen LogP contribution in [0, 0.1) is 17.0 Å². The average molecular weight is 399 g/mol. The number of aryl methyl sites for hydroxylation is 1. The van der Waals surface area contributed by atoms with Crippen LogP contribution in [0.15, 0.2) is 18.2 Å². The third-order valence-electron chi connectivity index (χ3n) is 4.59. The van der Waals surface area contributed by atoms with Gasteiger partial charge in [-0.1, -0.05) is 6.92 Å². The van der Waals surface area contributed by atoms with Gasteiger partial charge >= 0.3 is 0 Å². The lowest BCUT2D eigenvalue weighted by atomic mass is 10.1. The molecule has 2 rings (SSSR count). The summed E-state index contributed by atoms with van der Waals surface area (Å²) in [6.07, 6.45) is 1.39. The van der Waals surface area contributed by atoms with Crippen LogP contribution in [0.2, 0.25) is 0 Å². The normalized spacial score (nSPS) is 17.1. The van der Waals surface area contributed by atoms with Gasteiger partial charge in [0.25, 0.3) is 11.6 Å². The van der Waals surface area contributed by atoms with Crippen LogP contribution in [-0.2, 0) is 4.79 Å². The maximum atomic E-state index is 12.8. The van der Waals surface area contributed by atoms with Gasteiger partial charge < -0.3 is 15.5 Å². The van der Waals surface area contributed by atoms with E-state index < -0.39 is 11.0 Å². The highest BCUT2D eigenvalue weighted by Gasteiger charge is 2.34. The van der Waals surface area contributed by atoms with E-state index in [2.05, 4.69) is 10.6 Å². The molecule has 0 saturated carbocycles. The van der Waals surface area contributed by atoms with Gasteiger partial charge in [0.1, 0.15) is 6.04 Å². The number of nitro groups is 1. The molecule has 27 heavy (non-hydrogen) atoms. The Hall–Kier alpha value is -2.19. The molecular formula is C18H27ClN4O4. The molecule has 1 aromatic carbocycles. The van der Waals surface area contributed by atoms with E-state index in [0.717, 1.165) is 13.0 Å². The second kappa shape index (κ2) is 10.2. The molecule has 1 saturated heterocycles. The number of hydrogen-bond acceptors (Lipinski definition) is 5. The van der Waals surface area contributed by atoms with Crippen molar-refractivity contribution in [3.8, 4) is 0 Å². The highest BCUT2D eigenvalue weighted by molar-refractivity contribution is 5.98. The lowest BCUT2D eigenvalue weighted by Crippen LogP contribution is -2.48. The average Bonchev–Trinajstić information content (AvgIpc) is 3.08. The zero-order valence-corrected chi connectivity index (χ0v) is 16.7. The van der Waals surface area contributed by atoms with E-state index in [0.29, 0.717) is 30.6 Å². The van der Waals surface area contributed by atoms with Gasteiger partial charge in [-0.15, -0.1) is 12.4 Å². The number of carbonyl (C=O) groups excluding carboxylic acids is 2. The van der Waals surface area contributed by atoms with Crippen LogP contribution in [0.1, 0.15) is 42.6 Å². The van der Waals surface area contributed by atoms with Gasteiger partial charge in [-0.05, 0) is 45.4 Å². The predicted octanol–water partition coefficient (Wildman–Crippen LogP) is 2.04. The van der Waals surface area contributed by atoms with Crippen molar-refractivity contribution in [3.05, 3.63) is 39.4 Å². The summed E-state index contributed by atoms with van der Waals surface area (Å²) in [7, 11) is 0. The minimum absolute atomic E-state index is 0. The molecule has 0 spiro atoms. The summed E-state index contributed by atoms with van der Waals surface area (Å²) < 4.78 is 0. The van der Waals surface area contributed by atoms with E-state index in [1.807, 2.05) is 13.8 Å². The maximum Gasteiger partial charge on any atom is 0.272 e. The number of likely N-dealkylation sites (tertiary alicyclic amines) is 1. The van der Waals surface area contributed by atoms with Crippen molar-refractivity contribution in [1.29, 1.82) is 0 Å². The summed E-state index contributed by atoms with van der Waals surface area (Å²) in [5, 5.41) is 17.0. The summed E-state index contributed by atoms with van der Waals surface area (Å²) in [6.45, 7) is 7.43. The van der Waals surface area contributed by atoms with E-state index in [-0.39, 0.29) is 36.0 Å². The largest absolute Gasteiger partial charge is 0.353 e. The highest BCUT2D eigenvalue weighted by Crippen LogP contribution is 2.24. The first-order valence-corrected chi connectivity index (χ1v) is 8.92. The summed E-state index contributed by atoms with van der Waals surface area (Å²) >= 11 is 0. The number of rotatable bonds is 7. The maximum absolute atomic E-state index is 12.8. The van der Waals surface area contributed by atoms with E-state index in [1.54, 1.807) is 11.8 Å². The van der Waals surface area contributed by atoms with Gasteiger partial charge in [0.05, 0.1) is 4.92 Å². The lowest BCUT2D eigenvalue weighted by Gasteiger charge is -2.25. The monoisotopic (exact) mass is 398 g/mol. The summed E-state index contributed by atoms with van der Waals surface area (Å²) in [5.41, 5.74) is 0.781. The molecule has 0 radical (unpaired) electrons. The molecule has 0 aliphatic carbocycles. The molecule has 2 N–H and O–H groups in total. The Morgan fingerprint density at radius 1 is 1.41 bits per heavy atom. The molecule has 1 aromatic rings. The van der Waals surface area contributed by atoms with Crippen molar-refractivity contribution in [2.24, 2.45) is 0 Å². The van der Waals surface area contributed by atoms with Crippen LogP contribution in [0.4, 0.5) is 5.69 Å². The number of nitrogens with zero attached hydrogens (tertiary/aromatic N) is 2. The van der Waals surface area contributed by atoms with E-state index >= 15 is 0 Å². The van der Waals surface area contributed by atoms with Crippen LogP contribution in [0.25, 0.3) is 0 Å². The van der Waals surface area contributed by atoms with Crippen molar-refractivity contribution in [1.82, 2.24) is 15.5 Å². The Bertz CT molecular complexity index is 698. The van der Waals surface area contributed by atoms with Gasteiger partial charge in [0, 0.05) is 36.3 Å². The Morgan fingerprint density at radius 3 is 2.70 bits per heavy atom. The van der Waals surface area contributed by atoms with Gasteiger partial charge in [-0.3, -0.25) is 19.7 Å². The Labute approximate surface area is 165 Å². The van der Waals surface area contributed by atoms with E-state index in [9.17, 15) is 19.7 Å². The third-order valence-corrected chi connectivity index (χ3v) is 4.59. The zero-order valence-electron chi connectivity index (χ0n) is 15.9. The van der Waals surface area contributed by atoms with Crippen LogP contribution >= 0.6 is 12.4 Å². The first kappa shape index (κ1) is 22.9. The van der Waals surface area contributed by atoms with Crippen LogP contribution in [-0.4, -0.2) is 53.4 Å². The minimum atomic E-state index is -0.494. The number of nitro benzene ring substituents is 1. The second-order valence-electron chi connectivity index (χ2n) is 6.62. The summed E-state index contributed by atoms with van der Waals surface area (Å²) in [6, 6.07) is 3.97. The highest BCUT2D eigenvalue weighted by atomic mass is 35.5. The quantitative estimate of drug-likeness (QED) is 0.540. The van der Waals surface area contributed by atoms with Gasteiger partial charge in [0.15, 0.2) is 0 Å². The molecule has 8 nitrogen and oxygen atoms in total. The predicted molar refractivity (Wildman–Crippen MR) is 105 cm³/mol. The minimum Gasteiger partial charge on any atom is -0.353 e. The number of carbonyl (C=O) groups is 2. The molecule has 1 aliphatic rings. The van der Waals surface area contributed by atoms with E-state index in [1.165, 1.54) is 18.2 Å². The van der Waals surface area contributed by atoms with E-state index in [4.69, 9.17) is 0 Å². The standard InChI is InChI=1S/C18H26N4O4.ClH/c1-4-19-13(3)11-20-17(23)16-6-5-9-21(16)18(24)14-7-8-15(22(25)26)12(2)10-14;/h7-8,10,13,16,19H,4-6,9,11H2,1-3H3,(H,20,23);1H/t13-,16?;/m1./s1. The van der Waals surface area contributed by atoms with Crippen molar-refractivity contribution in [2.75, 3.05) is 19.6 Å². The smallest absolute Gasteiger partial charge is 0.272 e. The molecule has 1 fully saturated rings. The Balaban J connectivity index is 0.00000364. The molecule has 0 aromatic heterocycles. The van der Waals surface area contributed by atoms with Crippen molar-refractivity contribution in [2.45, 2.75) is 45.7 Å². The SMILES string of the molecule is CCN[C@H](C)CNC(=O)C1CCCN1C(=O)c1ccc([N+](=O)[O-])c(C)c1.Cl. The summed E-state index contributed by atoms with van der Waals surface area (Å²) in [4.78, 5) is 37.3. The van der Waals surface area contributed by atoms with Crippen molar-refractivity contribution < 1.29 is 14.5 Å². The second-order valence-corrected chi connectivity index (χ2v) is 6.62. The molecule has 1 heterocycles. The van der Waals surface area contributed by atoms with Gasteiger partial charge in [0.2, 0.25) is 5.91 Å². The fraction of sp³-hybridized carbons (Fsp3) is 0.556. The molecule has 9 heteroatoms. The topological polar surface area (TPSA) is 105 Å². The number of hydrogen-bond donors (Lipinski definition) is 2. The van der Waals surface area contributed by atoms with Crippen LogP contribution < -0.4 is 10.6 Å². The fourth-order valence-corrected chi connectivity index (χ4v) is 3.23. The number of benzene rings is 1. The number of amides is 2. The third kappa shape index (κ3) is 5.64. The van der Waals surface area contributed by atoms with Crippen LogP contribution in [0.5, 0.6) is 0 Å². The molecule has 0 bridgehead atoms. The molecule has 150 valence electrons. The van der Waals surface area contributed by atoms with Crippen LogP contribution in [0.3, 0.4) is 0 Å². The number of halogens is 1. The fourth-order valence-electron chi connectivity index (χ4n) is 3.23. The molecule has 2 amide bonds. The molecule has 1 unspecified atom stereocenters. The number of nitrogens with one attached hydrogen (secondary N) is 2. The first-order valence-electron chi connectivity index (χ1n) is 8.92. The molecule has 1 aliphatic heterocycles. The van der Waals surface area contributed by atoms with Crippen molar-refractivity contribution in [3.63, 3.8) is 0 Å². The Kier molecular flexibility index (Phi) is 8.65. The number of likely N-dealkylation sites (N-methyl/N-ethyl adjacent to an activating group) is 1. The Morgan fingerprint density at radius 2 is 2.11 bits per heavy atom. The van der Waals surface area contributed by atoms with Gasteiger partial charge in [-0.25, -0.2) is 0 Å². The van der Waals surface area contributed by atoms with Gasteiger partial charge in [-0.2, -0.15) is 0 Å². The molecule has 2 atom stereocenters. The van der Waals surface area contributed by atoms with Crippen molar-refractivity contribution >= 4 is 29.9 Å². The lowest BCUT2D eigenvalue weighted by molar-refractivity contribution is -0.385. The zero-order chi connectivity index (χ0) is 19.3.